The molecular weight excluding hydrogens is 296 g/mol. The van der Waals surface area contributed by atoms with Crippen molar-refractivity contribution < 1.29 is 9.90 Å². The first-order valence-electron chi connectivity index (χ1n) is 6.07. The van der Waals surface area contributed by atoms with Gasteiger partial charge in [-0.05, 0) is 46.8 Å². The molecule has 1 unspecified atom stereocenters. The Balaban J connectivity index is 2.11. The minimum atomic E-state index is 0.00890. The zero-order chi connectivity index (χ0) is 13.1. The Kier molecular flexibility index (Phi) is 4.24. The lowest BCUT2D eigenvalue weighted by Gasteiger charge is -2.17. The monoisotopic (exact) mass is 312 g/mol. The lowest BCUT2D eigenvalue weighted by molar-refractivity contribution is 0.0784. The lowest BCUT2D eigenvalue weighted by atomic mass is 10.1. The van der Waals surface area contributed by atoms with Crippen molar-refractivity contribution in [2.24, 2.45) is 5.92 Å². The number of anilines is 1. The number of hydrogen-bond donors (Lipinski definition) is 2. The van der Waals surface area contributed by atoms with E-state index in [1.165, 1.54) is 0 Å². The van der Waals surface area contributed by atoms with Gasteiger partial charge in [0.2, 0.25) is 0 Å². The van der Waals surface area contributed by atoms with Gasteiger partial charge in [-0.2, -0.15) is 0 Å². The zero-order valence-corrected chi connectivity index (χ0v) is 11.7. The fourth-order valence-electron chi connectivity index (χ4n) is 2.32. The van der Waals surface area contributed by atoms with Crippen LogP contribution in [-0.4, -0.2) is 35.6 Å². The maximum absolute atomic E-state index is 12.3. The van der Waals surface area contributed by atoms with E-state index in [-0.39, 0.29) is 12.5 Å². The highest BCUT2D eigenvalue weighted by Gasteiger charge is 2.27. The maximum atomic E-state index is 12.3. The first-order chi connectivity index (χ1) is 8.63. The Morgan fingerprint density at radius 3 is 3.06 bits per heavy atom. The van der Waals surface area contributed by atoms with Crippen LogP contribution in [0.5, 0.6) is 0 Å². The zero-order valence-electron chi connectivity index (χ0n) is 10.1. The summed E-state index contributed by atoms with van der Waals surface area (Å²) in [5.41, 5.74) is 6.97. The van der Waals surface area contributed by atoms with E-state index in [0.29, 0.717) is 21.6 Å². The predicted octanol–water partition coefficient (Wildman–Crippen LogP) is 1.88. The van der Waals surface area contributed by atoms with Crippen LogP contribution in [0.4, 0.5) is 5.69 Å². The summed E-state index contributed by atoms with van der Waals surface area (Å²) in [6, 6.07) is 5.33. The SMILES string of the molecule is Nc1cccc(C(=O)N2CCC(CCO)C2)c1Br. The number of carbonyl (C=O) groups excluding carboxylic acids is 1. The quantitative estimate of drug-likeness (QED) is 0.837. The maximum Gasteiger partial charge on any atom is 0.255 e. The van der Waals surface area contributed by atoms with E-state index in [9.17, 15) is 4.79 Å². The molecular formula is C13H17BrN2O2. The summed E-state index contributed by atoms with van der Waals surface area (Å²) in [5.74, 6) is 0.424. The lowest BCUT2D eigenvalue weighted by Crippen LogP contribution is -2.29. The van der Waals surface area contributed by atoms with E-state index in [2.05, 4.69) is 15.9 Å². The van der Waals surface area contributed by atoms with Crippen LogP contribution in [0.15, 0.2) is 22.7 Å². The van der Waals surface area contributed by atoms with Crippen LogP contribution in [0, 0.1) is 5.92 Å². The van der Waals surface area contributed by atoms with Crippen LogP contribution >= 0.6 is 15.9 Å². The van der Waals surface area contributed by atoms with Crippen molar-refractivity contribution >= 4 is 27.5 Å². The molecule has 18 heavy (non-hydrogen) atoms. The van der Waals surface area contributed by atoms with Crippen molar-refractivity contribution in [1.29, 1.82) is 0 Å². The first-order valence-corrected chi connectivity index (χ1v) is 6.87. The Hall–Kier alpha value is -1.07. The third kappa shape index (κ3) is 2.67. The molecule has 1 amide bonds. The van der Waals surface area contributed by atoms with Gasteiger partial charge in [-0.25, -0.2) is 0 Å². The molecule has 98 valence electrons. The third-order valence-corrected chi connectivity index (χ3v) is 4.25. The van der Waals surface area contributed by atoms with Crippen LogP contribution < -0.4 is 5.73 Å². The predicted molar refractivity (Wildman–Crippen MR) is 74.3 cm³/mol. The Morgan fingerprint density at radius 1 is 1.56 bits per heavy atom. The molecule has 1 aliphatic heterocycles. The summed E-state index contributed by atoms with van der Waals surface area (Å²) in [6.45, 7) is 1.67. The smallest absolute Gasteiger partial charge is 0.255 e. The van der Waals surface area contributed by atoms with Gasteiger partial charge in [-0.1, -0.05) is 6.07 Å². The number of rotatable bonds is 3. The first kappa shape index (κ1) is 13.4. The second kappa shape index (κ2) is 5.71. The topological polar surface area (TPSA) is 66.6 Å². The van der Waals surface area contributed by atoms with Gasteiger partial charge in [0.15, 0.2) is 0 Å². The van der Waals surface area contributed by atoms with Crippen molar-refractivity contribution in [1.82, 2.24) is 4.90 Å². The van der Waals surface area contributed by atoms with Crippen LogP contribution in [0.3, 0.4) is 0 Å². The average Bonchev–Trinajstić information content (AvgIpc) is 2.81. The molecule has 1 aromatic rings. The normalized spacial score (nSPS) is 19.2. The molecule has 0 radical (unpaired) electrons. The van der Waals surface area contributed by atoms with Gasteiger partial charge in [0.25, 0.3) is 5.91 Å². The highest BCUT2D eigenvalue weighted by atomic mass is 79.9. The molecule has 1 atom stereocenters. The number of nitrogens with zero attached hydrogens (tertiary/aromatic N) is 1. The van der Waals surface area contributed by atoms with E-state index in [4.69, 9.17) is 10.8 Å². The van der Waals surface area contributed by atoms with Gasteiger partial charge in [-0.3, -0.25) is 4.79 Å². The number of aliphatic hydroxyl groups is 1. The van der Waals surface area contributed by atoms with Crippen LogP contribution in [0.2, 0.25) is 0 Å². The highest BCUT2D eigenvalue weighted by Crippen LogP contribution is 2.27. The highest BCUT2D eigenvalue weighted by molar-refractivity contribution is 9.10. The van der Waals surface area contributed by atoms with Crippen molar-refractivity contribution in [3.8, 4) is 0 Å². The van der Waals surface area contributed by atoms with Crippen molar-refractivity contribution in [3.63, 3.8) is 0 Å². The Labute approximate surface area is 115 Å². The molecule has 1 aliphatic rings. The number of nitrogen functional groups attached to an aromatic ring is 1. The standard InChI is InChI=1S/C13H17BrN2O2/c14-12-10(2-1-3-11(12)15)13(18)16-6-4-9(8-16)5-7-17/h1-3,9,17H,4-8,15H2. The molecule has 0 spiro atoms. The number of benzene rings is 1. The molecule has 1 heterocycles. The summed E-state index contributed by atoms with van der Waals surface area (Å²) in [7, 11) is 0. The van der Waals surface area contributed by atoms with Gasteiger partial charge < -0.3 is 15.7 Å². The minimum Gasteiger partial charge on any atom is -0.398 e. The molecule has 1 saturated heterocycles. The van der Waals surface area contributed by atoms with Gasteiger partial charge in [0, 0.05) is 25.4 Å². The van der Waals surface area contributed by atoms with Crippen LogP contribution in [0.25, 0.3) is 0 Å². The third-order valence-electron chi connectivity index (χ3n) is 3.37. The van der Waals surface area contributed by atoms with E-state index < -0.39 is 0 Å². The molecule has 3 N–H and O–H groups in total. The van der Waals surface area contributed by atoms with Crippen LogP contribution in [-0.2, 0) is 0 Å². The molecule has 0 aromatic heterocycles. The number of hydrogen-bond acceptors (Lipinski definition) is 3. The van der Waals surface area contributed by atoms with E-state index in [1.54, 1.807) is 18.2 Å². The van der Waals surface area contributed by atoms with Gasteiger partial charge in [0.05, 0.1) is 10.0 Å². The number of carbonyl (C=O) groups is 1. The van der Waals surface area contributed by atoms with Gasteiger partial charge in [-0.15, -0.1) is 0 Å². The molecule has 1 fully saturated rings. The number of amides is 1. The van der Waals surface area contributed by atoms with Crippen molar-refractivity contribution in [3.05, 3.63) is 28.2 Å². The van der Waals surface area contributed by atoms with E-state index in [0.717, 1.165) is 25.9 Å². The number of nitrogens with two attached hydrogens (primary N) is 1. The summed E-state index contributed by atoms with van der Waals surface area (Å²) >= 11 is 3.36. The molecule has 0 bridgehead atoms. The number of halogens is 1. The second-order valence-electron chi connectivity index (χ2n) is 4.63. The Bertz CT molecular complexity index is 451. The minimum absolute atomic E-state index is 0.00890. The summed E-state index contributed by atoms with van der Waals surface area (Å²) in [4.78, 5) is 14.2. The Morgan fingerprint density at radius 2 is 2.33 bits per heavy atom. The molecule has 2 rings (SSSR count). The molecule has 5 heteroatoms. The molecule has 0 aliphatic carbocycles. The van der Waals surface area contributed by atoms with E-state index >= 15 is 0 Å². The van der Waals surface area contributed by atoms with Crippen molar-refractivity contribution in [2.75, 3.05) is 25.4 Å². The summed E-state index contributed by atoms with van der Waals surface area (Å²) in [5, 5.41) is 8.92. The number of likely N-dealkylation sites (tertiary alicyclic amines) is 1. The van der Waals surface area contributed by atoms with Gasteiger partial charge >= 0.3 is 0 Å². The fourth-order valence-corrected chi connectivity index (χ4v) is 2.75. The molecule has 1 aromatic carbocycles. The van der Waals surface area contributed by atoms with Crippen LogP contribution in [0.1, 0.15) is 23.2 Å². The fraction of sp³-hybridized carbons (Fsp3) is 0.462. The molecule has 4 nitrogen and oxygen atoms in total. The van der Waals surface area contributed by atoms with E-state index in [1.807, 2.05) is 4.90 Å². The summed E-state index contributed by atoms with van der Waals surface area (Å²) in [6.07, 6.45) is 1.73. The second-order valence-corrected chi connectivity index (χ2v) is 5.42. The average molecular weight is 313 g/mol. The van der Waals surface area contributed by atoms with Gasteiger partial charge in [0.1, 0.15) is 0 Å². The summed E-state index contributed by atoms with van der Waals surface area (Å²) < 4.78 is 0.667. The largest absolute Gasteiger partial charge is 0.398 e. The molecule has 0 saturated carbocycles. The van der Waals surface area contributed by atoms with Crippen molar-refractivity contribution in [2.45, 2.75) is 12.8 Å². The number of aliphatic hydroxyl groups excluding tert-OH is 1.